The Morgan fingerprint density at radius 3 is 2.70 bits per heavy atom. The van der Waals surface area contributed by atoms with Crippen LogP contribution >= 0.6 is 0 Å². The van der Waals surface area contributed by atoms with E-state index in [9.17, 15) is 9.90 Å². The first kappa shape index (κ1) is 15.2. The number of phenolic OH excluding ortho intramolecular Hbond substituents is 1. The monoisotopic (exact) mass is 309 g/mol. The standard InChI is InChI=1S/C19H19NO3/c1-3-10-20-16-12-15(21)8-9-17(16)23-18(19(20)22)11-14-6-4-13(2)5-7-14/h3-9,12,18,21H,1,10-11H2,2H3. The number of aryl methyl sites for hydroxylation is 1. The van der Waals surface area contributed by atoms with Crippen LogP contribution in [-0.4, -0.2) is 23.7 Å². The summed E-state index contributed by atoms with van der Waals surface area (Å²) in [4.78, 5) is 14.3. The molecule has 1 unspecified atom stereocenters. The summed E-state index contributed by atoms with van der Waals surface area (Å²) in [6, 6.07) is 12.9. The molecule has 0 saturated carbocycles. The molecule has 23 heavy (non-hydrogen) atoms. The average molecular weight is 309 g/mol. The van der Waals surface area contributed by atoms with Gasteiger partial charge in [0.2, 0.25) is 0 Å². The topological polar surface area (TPSA) is 49.8 Å². The molecule has 1 atom stereocenters. The lowest BCUT2D eigenvalue weighted by atomic mass is 10.0. The van der Waals surface area contributed by atoms with Gasteiger partial charge in [0.1, 0.15) is 11.5 Å². The molecule has 3 rings (SSSR count). The first-order valence-electron chi connectivity index (χ1n) is 7.56. The second-order valence-corrected chi connectivity index (χ2v) is 5.69. The van der Waals surface area contributed by atoms with Gasteiger partial charge in [-0.15, -0.1) is 6.58 Å². The molecule has 2 aromatic rings. The Morgan fingerprint density at radius 2 is 2.00 bits per heavy atom. The fourth-order valence-corrected chi connectivity index (χ4v) is 2.70. The zero-order valence-corrected chi connectivity index (χ0v) is 13.0. The van der Waals surface area contributed by atoms with Crippen LogP contribution in [0.25, 0.3) is 0 Å². The summed E-state index contributed by atoms with van der Waals surface area (Å²) >= 11 is 0. The highest BCUT2D eigenvalue weighted by atomic mass is 16.5. The Hall–Kier alpha value is -2.75. The van der Waals surface area contributed by atoms with Crippen LogP contribution in [0.2, 0.25) is 0 Å². The number of anilines is 1. The van der Waals surface area contributed by atoms with Gasteiger partial charge in [0.25, 0.3) is 5.91 Å². The molecule has 0 radical (unpaired) electrons. The first-order chi connectivity index (χ1) is 11.1. The zero-order valence-electron chi connectivity index (χ0n) is 13.0. The minimum atomic E-state index is -0.574. The van der Waals surface area contributed by atoms with Crippen LogP contribution in [0, 0.1) is 6.92 Å². The minimum absolute atomic E-state index is 0.103. The van der Waals surface area contributed by atoms with Crippen molar-refractivity contribution in [3.63, 3.8) is 0 Å². The van der Waals surface area contributed by atoms with Crippen molar-refractivity contribution < 1.29 is 14.6 Å². The smallest absolute Gasteiger partial charge is 0.268 e. The molecule has 0 aromatic heterocycles. The van der Waals surface area contributed by atoms with Crippen LogP contribution in [0.15, 0.2) is 55.1 Å². The van der Waals surface area contributed by atoms with E-state index in [1.165, 1.54) is 5.56 Å². The maximum Gasteiger partial charge on any atom is 0.268 e. The average Bonchev–Trinajstić information content (AvgIpc) is 2.54. The number of hydrogen-bond donors (Lipinski definition) is 1. The molecule has 4 nitrogen and oxygen atoms in total. The summed E-state index contributed by atoms with van der Waals surface area (Å²) in [5, 5.41) is 9.67. The van der Waals surface area contributed by atoms with Crippen molar-refractivity contribution in [1.82, 2.24) is 0 Å². The summed E-state index contributed by atoms with van der Waals surface area (Å²) in [5.41, 5.74) is 2.81. The molecule has 118 valence electrons. The molecule has 1 heterocycles. The van der Waals surface area contributed by atoms with Crippen LogP contribution < -0.4 is 9.64 Å². The lowest BCUT2D eigenvalue weighted by molar-refractivity contribution is -0.126. The SMILES string of the molecule is C=CCN1C(=O)C(Cc2ccc(C)cc2)Oc2ccc(O)cc21. The third kappa shape index (κ3) is 3.06. The van der Waals surface area contributed by atoms with E-state index >= 15 is 0 Å². The van der Waals surface area contributed by atoms with Gasteiger partial charge >= 0.3 is 0 Å². The number of carbonyl (C=O) groups is 1. The van der Waals surface area contributed by atoms with E-state index in [0.717, 1.165) is 5.56 Å². The largest absolute Gasteiger partial charge is 0.508 e. The number of hydrogen-bond acceptors (Lipinski definition) is 3. The fourth-order valence-electron chi connectivity index (χ4n) is 2.70. The minimum Gasteiger partial charge on any atom is -0.508 e. The van der Waals surface area contributed by atoms with Gasteiger partial charge in [-0.2, -0.15) is 0 Å². The third-order valence-electron chi connectivity index (χ3n) is 3.90. The summed E-state index contributed by atoms with van der Waals surface area (Å²) in [6.45, 7) is 6.11. The molecule has 0 spiro atoms. The van der Waals surface area contributed by atoms with Gasteiger partial charge in [0.15, 0.2) is 6.10 Å². The molecular weight excluding hydrogens is 290 g/mol. The molecule has 1 N–H and O–H groups in total. The normalized spacial score (nSPS) is 16.7. The summed E-state index contributed by atoms with van der Waals surface area (Å²) < 4.78 is 5.87. The van der Waals surface area contributed by atoms with E-state index in [-0.39, 0.29) is 11.7 Å². The molecule has 2 aromatic carbocycles. The van der Waals surface area contributed by atoms with E-state index in [2.05, 4.69) is 6.58 Å². The first-order valence-corrected chi connectivity index (χ1v) is 7.56. The summed E-state index contributed by atoms with van der Waals surface area (Å²) in [7, 11) is 0. The Labute approximate surface area is 135 Å². The quantitative estimate of drug-likeness (QED) is 0.882. The highest BCUT2D eigenvalue weighted by molar-refractivity contribution is 6.00. The number of fused-ring (bicyclic) bond motifs is 1. The van der Waals surface area contributed by atoms with Crippen LogP contribution in [0.3, 0.4) is 0 Å². The number of ether oxygens (including phenoxy) is 1. The number of phenols is 1. The van der Waals surface area contributed by atoms with Crippen molar-refractivity contribution in [2.24, 2.45) is 0 Å². The predicted octanol–water partition coefficient (Wildman–Crippen LogP) is 3.22. The van der Waals surface area contributed by atoms with Crippen LogP contribution in [-0.2, 0) is 11.2 Å². The molecular formula is C19H19NO3. The van der Waals surface area contributed by atoms with Gasteiger partial charge in [0, 0.05) is 19.0 Å². The molecule has 1 amide bonds. The third-order valence-corrected chi connectivity index (χ3v) is 3.90. The Balaban J connectivity index is 1.91. The number of rotatable bonds is 4. The molecule has 4 heteroatoms. The Kier molecular flexibility index (Phi) is 4.06. The van der Waals surface area contributed by atoms with E-state index in [1.54, 1.807) is 29.2 Å². The highest BCUT2D eigenvalue weighted by Gasteiger charge is 2.34. The van der Waals surface area contributed by atoms with Crippen molar-refractivity contribution in [1.29, 1.82) is 0 Å². The van der Waals surface area contributed by atoms with Gasteiger partial charge < -0.3 is 14.7 Å². The van der Waals surface area contributed by atoms with Gasteiger partial charge in [-0.3, -0.25) is 4.79 Å². The van der Waals surface area contributed by atoms with E-state index in [4.69, 9.17) is 4.74 Å². The molecule has 0 bridgehead atoms. The molecule has 1 aliphatic rings. The van der Waals surface area contributed by atoms with Gasteiger partial charge in [-0.1, -0.05) is 35.9 Å². The van der Waals surface area contributed by atoms with Crippen LogP contribution in [0.5, 0.6) is 11.5 Å². The molecule has 0 aliphatic carbocycles. The van der Waals surface area contributed by atoms with E-state index in [0.29, 0.717) is 24.4 Å². The van der Waals surface area contributed by atoms with Crippen molar-refractivity contribution in [2.75, 3.05) is 11.4 Å². The molecule has 0 saturated heterocycles. The van der Waals surface area contributed by atoms with Crippen molar-refractivity contribution in [3.05, 3.63) is 66.2 Å². The van der Waals surface area contributed by atoms with Crippen molar-refractivity contribution in [2.45, 2.75) is 19.4 Å². The molecule has 0 fully saturated rings. The second kappa shape index (κ2) is 6.16. The zero-order chi connectivity index (χ0) is 16.4. The number of carbonyl (C=O) groups excluding carboxylic acids is 1. The molecule has 1 aliphatic heterocycles. The lowest BCUT2D eigenvalue weighted by Gasteiger charge is -2.34. The maximum atomic E-state index is 12.7. The van der Waals surface area contributed by atoms with Gasteiger partial charge in [0.05, 0.1) is 5.69 Å². The second-order valence-electron chi connectivity index (χ2n) is 5.69. The summed E-state index contributed by atoms with van der Waals surface area (Å²) in [5.74, 6) is 0.580. The van der Waals surface area contributed by atoms with Crippen molar-refractivity contribution in [3.8, 4) is 11.5 Å². The number of amides is 1. The number of aromatic hydroxyl groups is 1. The van der Waals surface area contributed by atoms with Crippen LogP contribution in [0.1, 0.15) is 11.1 Å². The fraction of sp³-hybridized carbons (Fsp3) is 0.211. The van der Waals surface area contributed by atoms with Gasteiger partial charge in [-0.25, -0.2) is 0 Å². The Bertz CT molecular complexity index is 737. The maximum absolute atomic E-state index is 12.7. The van der Waals surface area contributed by atoms with E-state index < -0.39 is 6.10 Å². The van der Waals surface area contributed by atoms with Gasteiger partial charge in [-0.05, 0) is 24.6 Å². The summed E-state index contributed by atoms with van der Waals surface area (Å²) in [6.07, 6.45) is 1.60. The number of nitrogens with zero attached hydrogens (tertiary/aromatic N) is 1. The number of benzene rings is 2. The van der Waals surface area contributed by atoms with E-state index in [1.807, 2.05) is 31.2 Å². The van der Waals surface area contributed by atoms with Crippen molar-refractivity contribution >= 4 is 11.6 Å². The predicted molar refractivity (Wildman–Crippen MR) is 90.0 cm³/mol. The lowest BCUT2D eigenvalue weighted by Crippen LogP contribution is -2.47. The van der Waals surface area contributed by atoms with Crippen LogP contribution in [0.4, 0.5) is 5.69 Å². The highest BCUT2D eigenvalue weighted by Crippen LogP contribution is 2.37. The Morgan fingerprint density at radius 1 is 1.26 bits per heavy atom.